The average molecular weight is 498 g/mol. The van der Waals surface area contributed by atoms with E-state index in [9.17, 15) is 30.0 Å². The number of aromatic hydroxyl groups is 4. The fourth-order valence-corrected chi connectivity index (χ4v) is 4.47. The van der Waals surface area contributed by atoms with Gasteiger partial charge in [0, 0.05) is 27.9 Å². The Bertz CT molecular complexity index is 1520. The lowest BCUT2D eigenvalue weighted by atomic mass is 9.90. The molecule has 9 nitrogen and oxygen atoms in total. The summed E-state index contributed by atoms with van der Waals surface area (Å²) in [7, 11) is 0. The van der Waals surface area contributed by atoms with Gasteiger partial charge in [0.25, 0.3) is 5.91 Å². The van der Waals surface area contributed by atoms with Crippen molar-refractivity contribution in [3.8, 4) is 23.0 Å². The van der Waals surface area contributed by atoms with E-state index < -0.39 is 24.0 Å². The second kappa shape index (κ2) is 9.46. The van der Waals surface area contributed by atoms with Crippen LogP contribution >= 0.6 is 0 Å². The zero-order valence-electron chi connectivity index (χ0n) is 19.3. The minimum Gasteiger partial charge on any atom is -0.508 e. The van der Waals surface area contributed by atoms with Gasteiger partial charge in [-0.2, -0.15) is 0 Å². The van der Waals surface area contributed by atoms with Crippen molar-refractivity contribution in [2.45, 2.75) is 12.1 Å². The molecule has 5 rings (SSSR count). The van der Waals surface area contributed by atoms with Crippen molar-refractivity contribution in [2.24, 2.45) is 0 Å². The molecule has 9 heteroatoms. The summed E-state index contributed by atoms with van der Waals surface area (Å²) < 4.78 is 0. The van der Waals surface area contributed by atoms with Gasteiger partial charge in [-0.1, -0.05) is 48.5 Å². The van der Waals surface area contributed by atoms with E-state index >= 15 is 0 Å². The number of phenols is 4. The Labute approximate surface area is 211 Å². The van der Waals surface area contributed by atoms with Crippen LogP contribution in [0.3, 0.4) is 0 Å². The zero-order valence-corrected chi connectivity index (χ0v) is 19.3. The summed E-state index contributed by atoms with van der Waals surface area (Å²) in [5.74, 6) is -1.23. The van der Waals surface area contributed by atoms with Crippen LogP contribution in [0, 0.1) is 0 Å². The highest BCUT2D eigenvalue weighted by atomic mass is 16.3. The molecule has 0 saturated carbocycles. The summed E-state index contributed by atoms with van der Waals surface area (Å²) in [6.45, 7) is 0. The summed E-state index contributed by atoms with van der Waals surface area (Å²) in [6.07, 6.45) is 0. The van der Waals surface area contributed by atoms with Crippen molar-refractivity contribution in [3.63, 3.8) is 0 Å². The number of hydrogen-bond donors (Lipinski definition) is 7. The first-order chi connectivity index (χ1) is 17.8. The molecule has 37 heavy (non-hydrogen) atoms. The number of nitrogens with one attached hydrogen (secondary N) is 3. The summed E-state index contributed by atoms with van der Waals surface area (Å²) in [5.41, 5.74) is 1.78. The zero-order chi connectivity index (χ0) is 26.1. The lowest BCUT2D eigenvalue weighted by Crippen LogP contribution is -2.38. The van der Waals surface area contributed by atoms with Crippen molar-refractivity contribution < 1.29 is 30.0 Å². The molecule has 4 aromatic rings. The molecule has 2 atom stereocenters. The van der Waals surface area contributed by atoms with E-state index in [1.165, 1.54) is 36.4 Å². The second-order valence-corrected chi connectivity index (χ2v) is 8.57. The highest BCUT2D eigenvalue weighted by Crippen LogP contribution is 2.42. The Morgan fingerprint density at radius 2 is 1.38 bits per heavy atom. The number of amides is 3. The molecule has 0 aliphatic carbocycles. The number of hydrogen-bond acceptors (Lipinski definition) is 6. The monoisotopic (exact) mass is 497 g/mol. The second-order valence-electron chi connectivity index (χ2n) is 8.57. The molecule has 1 aliphatic heterocycles. The lowest BCUT2D eigenvalue weighted by Gasteiger charge is -2.30. The smallest absolute Gasteiger partial charge is 0.320 e. The van der Waals surface area contributed by atoms with Gasteiger partial charge >= 0.3 is 6.03 Å². The molecular formula is C28H23N3O6. The van der Waals surface area contributed by atoms with Crippen LogP contribution in [0.5, 0.6) is 23.0 Å². The van der Waals surface area contributed by atoms with Crippen LogP contribution in [-0.4, -0.2) is 32.4 Å². The Balaban J connectivity index is 1.62. The average Bonchev–Trinajstić information content (AvgIpc) is 2.88. The van der Waals surface area contributed by atoms with Crippen LogP contribution in [0.4, 0.5) is 10.5 Å². The van der Waals surface area contributed by atoms with Crippen molar-refractivity contribution in [2.75, 3.05) is 5.32 Å². The Hall–Kier alpha value is -5.18. The first-order valence-corrected chi connectivity index (χ1v) is 11.4. The van der Waals surface area contributed by atoms with Crippen LogP contribution in [0.2, 0.25) is 0 Å². The summed E-state index contributed by atoms with van der Waals surface area (Å²) in [4.78, 5) is 25.6. The molecular weight excluding hydrogens is 474 g/mol. The number of fused-ring (bicyclic) bond motifs is 1. The fraction of sp³-hybridized carbons (Fsp3) is 0.0714. The van der Waals surface area contributed by atoms with Crippen molar-refractivity contribution >= 4 is 17.6 Å². The molecule has 0 bridgehead atoms. The first kappa shape index (κ1) is 23.6. The molecule has 0 saturated heterocycles. The summed E-state index contributed by atoms with van der Waals surface area (Å²) in [6, 6.07) is 19.5. The first-order valence-electron chi connectivity index (χ1n) is 11.4. The van der Waals surface area contributed by atoms with Gasteiger partial charge in [-0.05, 0) is 36.4 Å². The van der Waals surface area contributed by atoms with E-state index in [1.54, 1.807) is 48.5 Å². The van der Waals surface area contributed by atoms with Gasteiger partial charge in [0.05, 0.1) is 17.6 Å². The third kappa shape index (κ3) is 4.45. The minimum absolute atomic E-state index is 0.0116. The molecule has 3 amide bonds. The van der Waals surface area contributed by atoms with E-state index in [1.807, 2.05) is 0 Å². The maximum Gasteiger partial charge on any atom is 0.320 e. The summed E-state index contributed by atoms with van der Waals surface area (Å²) >= 11 is 0. The maximum atomic E-state index is 13.1. The van der Waals surface area contributed by atoms with E-state index in [2.05, 4.69) is 16.0 Å². The number of para-hydroxylation sites is 3. The SMILES string of the molecule is O=C1Nc2cc(C(NC(=O)c3ccccc3O)c3ccccc3O)c(O)cc2C(c2ccccc2O)N1. The molecule has 1 heterocycles. The minimum atomic E-state index is -1.05. The highest BCUT2D eigenvalue weighted by molar-refractivity contribution is 5.97. The molecule has 0 fully saturated rings. The molecule has 0 spiro atoms. The quantitative estimate of drug-likeness (QED) is 0.205. The van der Waals surface area contributed by atoms with Gasteiger partial charge in [-0.25, -0.2) is 4.79 Å². The molecule has 7 N–H and O–H groups in total. The third-order valence-corrected chi connectivity index (χ3v) is 6.26. The normalized spacial score (nSPS) is 15.1. The predicted molar refractivity (Wildman–Crippen MR) is 136 cm³/mol. The standard InChI is InChI=1S/C28H23N3O6/c32-21-10-4-1-7-15(21)25-18-14-24(35)19(13-20(18)29-28(37)31-25)26(16-8-2-5-11-22(16)33)30-27(36)17-9-3-6-12-23(17)34/h1-14,25-26,32-35H,(H,30,36)(H2,29,31,37). The molecule has 4 aromatic carbocycles. The number of urea groups is 1. The number of carbonyl (C=O) groups is 2. The van der Waals surface area contributed by atoms with Gasteiger partial charge in [0.2, 0.25) is 0 Å². The maximum absolute atomic E-state index is 13.1. The van der Waals surface area contributed by atoms with Crippen molar-refractivity contribution in [1.29, 1.82) is 0 Å². The third-order valence-electron chi connectivity index (χ3n) is 6.26. The van der Waals surface area contributed by atoms with Crippen LogP contribution in [-0.2, 0) is 0 Å². The molecule has 0 radical (unpaired) electrons. The van der Waals surface area contributed by atoms with Gasteiger partial charge in [0.15, 0.2) is 0 Å². The van der Waals surface area contributed by atoms with E-state index in [-0.39, 0.29) is 34.1 Å². The van der Waals surface area contributed by atoms with Crippen LogP contribution in [0.1, 0.15) is 44.7 Å². The van der Waals surface area contributed by atoms with Gasteiger partial charge in [-0.15, -0.1) is 0 Å². The predicted octanol–water partition coefficient (Wildman–Crippen LogP) is 4.25. The van der Waals surface area contributed by atoms with E-state index in [4.69, 9.17) is 0 Å². The van der Waals surface area contributed by atoms with Gasteiger partial charge in [-0.3, -0.25) is 4.79 Å². The Morgan fingerprint density at radius 1 is 0.730 bits per heavy atom. The van der Waals surface area contributed by atoms with Crippen LogP contribution in [0.25, 0.3) is 0 Å². The number of anilines is 1. The number of carbonyl (C=O) groups excluding carboxylic acids is 2. The molecule has 0 aromatic heterocycles. The Morgan fingerprint density at radius 3 is 2.08 bits per heavy atom. The van der Waals surface area contributed by atoms with Crippen molar-refractivity contribution in [1.82, 2.24) is 10.6 Å². The topological polar surface area (TPSA) is 151 Å². The Kier molecular flexibility index (Phi) is 6.02. The van der Waals surface area contributed by atoms with Gasteiger partial charge < -0.3 is 36.4 Å². The van der Waals surface area contributed by atoms with Crippen LogP contribution in [0.15, 0.2) is 84.9 Å². The van der Waals surface area contributed by atoms with Gasteiger partial charge in [0.1, 0.15) is 23.0 Å². The number of benzene rings is 4. The highest BCUT2D eigenvalue weighted by Gasteiger charge is 2.31. The fourth-order valence-electron chi connectivity index (χ4n) is 4.47. The summed E-state index contributed by atoms with van der Waals surface area (Å²) in [5, 5.41) is 50.5. The van der Waals surface area contributed by atoms with Crippen LogP contribution < -0.4 is 16.0 Å². The largest absolute Gasteiger partial charge is 0.508 e. The number of phenolic OH excluding ortho intramolecular Hbond substituents is 4. The van der Waals surface area contributed by atoms with E-state index in [0.717, 1.165) is 0 Å². The molecule has 2 unspecified atom stereocenters. The van der Waals surface area contributed by atoms with E-state index in [0.29, 0.717) is 22.4 Å². The number of rotatable bonds is 5. The molecule has 186 valence electrons. The molecule has 1 aliphatic rings. The van der Waals surface area contributed by atoms with Crippen molar-refractivity contribution in [3.05, 3.63) is 113 Å². The lowest BCUT2D eigenvalue weighted by molar-refractivity contribution is 0.0939.